The molecule has 4 heteroatoms. The summed E-state index contributed by atoms with van der Waals surface area (Å²) < 4.78 is 26.5. The van der Waals surface area contributed by atoms with Crippen molar-refractivity contribution in [3.8, 4) is 0 Å². The maximum atomic E-state index is 13.2. The van der Waals surface area contributed by atoms with Gasteiger partial charge in [0.15, 0.2) is 0 Å². The van der Waals surface area contributed by atoms with Gasteiger partial charge in [-0.1, -0.05) is 17.7 Å². The summed E-state index contributed by atoms with van der Waals surface area (Å²) in [5.74, 6) is -2.63. The highest BCUT2D eigenvalue weighted by Crippen LogP contribution is 2.45. The van der Waals surface area contributed by atoms with Gasteiger partial charge in [-0.25, -0.2) is 8.78 Å². The Morgan fingerprint density at radius 3 is 2.88 bits per heavy atom. The summed E-state index contributed by atoms with van der Waals surface area (Å²) in [7, 11) is 0. The molecule has 1 aromatic heterocycles. The average molecular weight is 258 g/mol. The van der Waals surface area contributed by atoms with Crippen molar-refractivity contribution < 1.29 is 8.78 Å². The van der Waals surface area contributed by atoms with Gasteiger partial charge >= 0.3 is 0 Å². The van der Waals surface area contributed by atoms with E-state index in [4.69, 9.17) is 11.6 Å². The third-order valence-corrected chi connectivity index (χ3v) is 3.54. The molecular weight excluding hydrogens is 244 g/mol. The molecule has 1 unspecified atom stereocenters. The van der Waals surface area contributed by atoms with Crippen LogP contribution in [0.3, 0.4) is 0 Å². The molecule has 1 saturated carbocycles. The van der Waals surface area contributed by atoms with Gasteiger partial charge in [0.2, 0.25) is 5.92 Å². The van der Waals surface area contributed by atoms with E-state index in [2.05, 4.69) is 4.98 Å². The number of pyridine rings is 1. The van der Waals surface area contributed by atoms with Crippen LogP contribution in [-0.4, -0.2) is 10.9 Å². The molecule has 1 atom stereocenters. The van der Waals surface area contributed by atoms with Crippen LogP contribution in [0.25, 0.3) is 5.57 Å². The van der Waals surface area contributed by atoms with Crippen molar-refractivity contribution in [2.75, 3.05) is 0 Å². The quantitative estimate of drug-likeness (QED) is 0.756. The number of rotatable bonds is 2. The predicted molar refractivity (Wildman–Crippen MR) is 65.2 cm³/mol. The second-order valence-electron chi connectivity index (χ2n) is 4.40. The first kappa shape index (κ1) is 12.5. The molecule has 1 fully saturated rings. The first-order valence-corrected chi connectivity index (χ1v) is 6.05. The molecule has 2 rings (SSSR count). The van der Waals surface area contributed by atoms with Crippen LogP contribution in [0.5, 0.6) is 0 Å². The molecule has 1 aliphatic rings. The number of allylic oxidation sites excluding steroid dienone is 2. The Labute approximate surface area is 105 Å². The summed E-state index contributed by atoms with van der Waals surface area (Å²) in [6.07, 6.45) is 5.48. The van der Waals surface area contributed by atoms with E-state index in [1.54, 1.807) is 18.5 Å². The van der Waals surface area contributed by atoms with Crippen LogP contribution in [-0.2, 0) is 0 Å². The first-order valence-electron chi connectivity index (χ1n) is 5.67. The second-order valence-corrected chi connectivity index (χ2v) is 4.80. The Hall–Kier alpha value is -0.960. The number of nitrogens with zero attached hydrogens (tertiary/aromatic N) is 1. The normalized spacial score (nSPS) is 24.0. The zero-order chi connectivity index (χ0) is 12.5. The minimum Gasteiger partial charge on any atom is -0.263 e. The highest BCUT2D eigenvalue weighted by molar-refractivity contribution is 6.32. The van der Waals surface area contributed by atoms with Crippen molar-refractivity contribution in [2.24, 2.45) is 5.92 Å². The number of hydrogen-bond acceptors (Lipinski definition) is 1. The van der Waals surface area contributed by atoms with Crippen LogP contribution in [0.4, 0.5) is 8.78 Å². The van der Waals surface area contributed by atoms with Gasteiger partial charge in [-0.05, 0) is 36.5 Å². The molecular formula is C13H14ClF2N. The molecule has 1 aromatic rings. The molecule has 0 amide bonds. The third-order valence-electron chi connectivity index (χ3n) is 3.24. The lowest BCUT2D eigenvalue weighted by atomic mass is 9.91. The van der Waals surface area contributed by atoms with Crippen molar-refractivity contribution in [2.45, 2.75) is 32.1 Å². The largest absolute Gasteiger partial charge is 0.263 e. The Balaban J connectivity index is 2.28. The Kier molecular flexibility index (Phi) is 3.48. The van der Waals surface area contributed by atoms with E-state index in [-0.39, 0.29) is 18.8 Å². The summed E-state index contributed by atoms with van der Waals surface area (Å²) in [6, 6.07) is 1.79. The predicted octanol–water partition coefficient (Wildman–Crippen LogP) is 4.57. The molecule has 17 heavy (non-hydrogen) atoms. The summed E-state index contributed by atoms with van der Waals surface area (Å²) in [4.78, 5) is 3.91. The zero-order valence-corrected chi connectivity index (χ0v) is 10.3. The van der Waals surface area contributed by atoms with Crippen LogP contribution in [0, 0.1) is 5.92 Å². The first-order chi connectivity index (χ1) is 8.03. The van der Waals surface area contributed by atoms with E-state index in [0.717, 1.165) is 11.1 Å². The number of aromatic nitrogens is 1. The standard InChI is InChI=1S/C13H14ClF2N/c1-2-10(9-3-5-13(15,16)7-9)11-4-6-17-8-12(11)14/h2,4,6,8-9H,3,5,7H2,1H3/b10-2-. The number of hydrogen-bond donors (Lipinski definition) is 0. The van der Waals surface area contributed by atoms with E-state index in [1.165, 1.54) is 0 Å². The SMILES string of the molecule is C/C=C(\c1ccncc1Cl)C1CCC(F)(F)C1. The van der Waals surface area contributed by atoms with Crippen LogP contribution >= 0.6 is 11.6 Å². The van der Waals surface area contributed by atoms with Gasteiger partial charge in [-0.2, -0.15) is 0 Å². The number of halogens is 3. The fraction of sp³-hybridized carbons (Fsp3) is 0.462. The van der Waals surface area contributed by atoms with Gasteiger partial charge in [-0.15, -0.1) is 0 Å². The van der Waals surface area contributed by atoms with E-state index >= 15 is 0 Å². The van der Waals surface area contributed by atoms with E-state index in [0.29, 0.717) is 11.4 Å². The third kappa shape index (κ3) is 2.65. The van der Waals surface area contributed by atoms with E-state index in [1.807, 2.05) is 13.0 Å². The summed E-state index contributed by atoms with van der Waals surface area (Å²) >= 11 is 6.06. The maximum Gasteiger partial charge on any atom is 0.248 e. The molecule has 1 aliphatic carbocycles. The molecule has 0 aromatic carbocycles. The van der Waals surface area contributed by atoms with Crippen molar-refractivity contribution in [3.63, 3.8) is 0 Å². The van der Waals surface area contributed by atoms with Gasteiger partial charge < -0.3 is 0 Å². The summed E-state index contributed by atoms with van der Waals surface area (Å²) in [5, 5.41) is 0.524. The lowest BCUT2D eigenvalue weighted by Gasteiger charge is -2.16. The molecule has 0 radical (unpaired) electrons. The average Bonchev–Trinajstić information content (AvgIpc) is 2.63. The Bertz CT molecular complexity index is 443. The molecule has 1 nitrogen and oxygen atoms in total. The topological polar surface area (TPSA) is 12.9 Å². The van der Waals surface area contributed by atoms with Crippen molar-refractivity contribution in [1.82, 2.24) is 4.98 Å². The van der Waals surface area contributed by atoms with Crippen LogP contribution in [0.1, 0.15) is 31.7 Å². The zero-order valence-electron chi connectivity index (χ0n) is 9.59. The van der Waals surface area contributed by atoms with Crippen molar-refractivity contribution in [3.05, 3.63) is 35.1 Å². The minimum absolute atomic E-state index is 0.0301. The summed E-state index contributed by atoms with van der Waals surface area (Å²) in [6.45, 7) is 1.86. The molecule has 0 aliphatic heterocycles. The summed E-state index contributed by atoms with van der Waals surface area (Å²) in [5.41, 5.74) is 1.74. The lowest BCUT2D eigenvalue weighted by Crippen LogP contribution is -2.10. The molecule has 0 saturated heterocycles. The van der Waals surface area contributed by atoms with E-state index < -0.39 is 5.92 Å². The van der Waals surface area contributed by atoms with Crippen molar-refractivity contribution in [1.29, 1.82) is 0 Å². The molecule has 0 bridgehead atoms. The maximum absolute atomic E-state index is 13.2. The lowest BCUT2D eigenvalue weighted by molar-refractivity contribution is 0.00707. The molecule has 92 valence electrons. The van der Waals surface area contributed by atoms with Crippen LogP contribution in [0.15, 0.2) is 24.5 Å². The second kappa shape index (κ2) is 4.73. The molecule has 0 N–H and O–H groups in total. The van der Waals surface area contributed by atoms with Crippen LogP contribution < -0.4 is 0 Å². The van der Waals surface area contributed by atoms with Gasteiger partial charge in [0, 0.05) is 25.2 Å². The van der Waals surface area contributed by atoms with Gasteiger partial charge in [-0.3, -0.25) is 4.98 Å². The smallest absolute Gasteiger partial charge is 0.248 e. The highest BCUT2D eigenvalue weighted by Gasteiger charge is 2.40. The Morgan fingerprint density at radius 2 is 2.35 bits per heavy atom. The highest BCUT2D eigenvalue weighted by atomic mass is 35.5. The number of alkyl halides is 2. The Morgan fingerprint density at radius 1 is 1.59 bits per heavy atom. The molecule has 1 heterocycles. The van der Waals surface area contributed by atoms with Gasteiger partial charge in [0.25, 0.3) is 0 Å². The van der Waals surface area contributed by atoms with Crippen molar-refractivity contribution >= 4 is 17.2 Å². The van der Waals surface area contributed by atoms with Gasteiger partial charge in [0.1, 0.15) is 0 Å². The fourth-order valence-electron chi connectivity index (χ4n) is 2.44. The van der Waals surface area contributed by atoms with E-state index in [9.17, 15) is 8.78 Å². The minimum atomic E-state index is -2.53. The van der Waals surface area contributed by atoms with Gasteiger partial charge in [0.05, 0.1) is 5.02 Å². The fourth-order valence-corrected chi connectivity index (χ4v) is 2.66. The van der Waals surface area contributed by atoms with Crippen LogP contribution in [0.2, 0.25) is 5.02 Å². The monoisotopic (exact) mass is 257 g/mol. The molecule has 0 spiro atoms.